The van der Waals surface area contributed by atoms with E-state index in [-0.39, 0.29) is 5.92 Å². The van der Waals surface area contributed by atoms with Crippen molar-refractivity contribution < 1.29 is 0 Å². The zero-order valence-electron chi connectivity index (χ0n) is 13.2. The third-order valence-corrected chi connectivity index (χ3v) is 4.58. The Morgan fingerprint density at radius 1 is 1.14 bits per heavy atom. The minimum absolute atomic E-state index is 0.260. The van der Waals surface area contributed by atoms with Crippen LogP contribution in [0.4, 0.5) is 5.82 Å². The molecular weight excluding hydrogens is 280 g/mol. The number of nitrogens with one attached hydrogen (secondary N) is 1. The standard InChI is InChI=1S/C16H22N4S/c1-9(2)14-18-15(20-17)12(5)16(19-14)21-13-7-6-10(3)8-11(13)4/h6-9H,17H2,1-5H3,(H,18,19,20). The van der Waals surface area contributed by atoms with Crippen molar-refractivity contribution in [1.29, 1.82) is 0 Å². The summed E-state index contributed by atoms with van der Waals surface area (Å²) in [5.41, 5.74) is 6.18. The summed E-state index contributed by atoms with van der Waals surface area (Å²) in [5, 5.41) is 0.952. The number of rotatable bonds is 4. The summed E-state index contributed by atoms with van der Waals surface area (Å²) < 4.78 is 0. The number of hydrazine groups is 1. The Kier molecular flexibility index (Phi) is 4.85. The number of nitrogens with zero attached hydrogens (tertiary/aromatic N) is 2. The Morgan fingerprint density at radius 3 is 2.43 bits per heavy atom. The number of nitrogens with two attached hydrogens (primary N) is 1. The average Bonchev–Trinajstić information content (AvgIpc) is 2.43. The first-order valence-electron chi connectivity index (χ1n) is 7.02. The molecule has 0 aliphatic heterocycles. The van der Waals surface area contributed by atoms with E-state index in [0.29, 0.717) is 5.82 Å². The lowest BCUT2D eigenvalue weighted by Crippen LogP contribution is -2.13. The van der Waals surface area contributed by atoms with Crippen molar-refractivity contribution in [1.82, 2.24) is 9.97 Å². The van der Waals surface area contributed by atoms with E-state index in [1.54, 1.807) is 11.8 Å². The van der Waals surface area contributed by atoms with Crippen LogP contribution in [0, 0.1) is 20.8 Å². The highest BCUT2D eigenvalue weighted by Crippen LogP contribution is 2.34. The van der Waals surface area contributed by atoms with Crippen molar-refractivity contribution in [2.75, 3.05) is 5.43 Å². The van der Waals surface area contributed by atoms with Gasteiger partial charge in [-0.1, -0.05) is 43.3 Å². The van der Waals surface area contributed by atoms with Gasteiger partial charge in [-0.05, 0) is 32.4 Å². The maximum atomic E-state index is 5.58. The fourth-order valence-corrected chi connectivity index (χ4v) is 2.98. The number of nitrogen functional groups attached to an aromatic ring is 1. The summed E-state index contributed by atoms with van der Waals surface area (Å²) in [6.07, 6.45) is 0. The third-order valence-electron chi connectivity index (χ3n) is 3.31. The molecule has 0 aliphatic carbocycles. The van der Waals surface area contributed by atoms with Crippen molar-refractivity contribution in [3.8, 4) is 0 Å². The Balaban J connectivity index is 2.45. The van der Waals surface area contributed by atoms with Crippen molar-refractivity contribution >= 4 is 17.6 Å². The van der Waals surface area contributed by atoms with Gasteiger partial charge in [0.2, 0.25) is 0 Å². The molecule has 5 heteroatoms. The lowest BCUT2D eigenvalue weighted by atomic mass is 10.2. The van der Waals surface area contributed by atoms with E-state index in [0.717, 1.165) is 16.4 Å². The second-order valence-electron chi connectivity index (χ2n) is 5.53. The average molecular weight is 302 g/mol. The zero-order chi connectivity index (χ0) is 15.6. The predicted molar refractivity (Wildman–Crippen MR) is 88.7 cm³/mol. The lowest BCUT2D eigenvalue weighted by Gasteiger charge is -2.14. The molecule has 1 aromatic carbocycles. The minimum Gasteiger partial charge on any atom is -0.308 e. The minimum atomic E-state index is 0.260. The van der Waals surface area contributed by atoms with Crippen LogP contribution < -0.4 is 11.3 Å². The number of aryl methyl sites for hydroxylation is 2. The van der Waals surface area contributed by atoms with E-state index in [4.69, 9.17) is 10.8 Å². The van der Waals surface area contributed by atoms with Crippen LogP contribution >= 0.6 is 11.8 Å². The molecule has 0 spiro atoms. The molecule has 0 unspecified atom stereocenters. The zero-order valence-corrected chi connectivity index (χ0v) is 14.0. The first-order chi connectivity index (χ1) is 9.92. The summed E-state index contributed by atoms with van der Waals surface area (Å²) >= 11 is 1.66. The van der Waals surface area contributed by atoms with Gasteiger partial charge in [0, 0.05) is 16.4 Å². The van der Waals surface area contributed by atoms with Crippen LogP contribution in [0.3, 0.4) is 0 Å². The first-order valence-corrected chi connectivity index (χ1v) is 7.84. The molecule has 2 rings (SSSR count). The van der Waals surface area contributed by atoms with Crippen LogP contribution in [0.2, 0.25) is 0 Å². The highest BCUT2D eigenvalue weighted by Gasteiger charge is 2.14. The number of benzene rings is 1. The van der Waals surface area contributed by atoms with Gasteiger partial charge in [0.05, 0.1) is 0 Å². The molecule has 0 radical (unpaired) electrons. The number of aromatic nitrogens is 2. The SMILES string of the molecule is Cc1ccc(Sc2nc(C(C)C)nc(NN)c2C)c(C)c1. The number of hydrogen-bond acceptors (Lipinski definition) is 5. The summed E-state index contributed by atoms with van der Waals surface area (Å²) in [7, 11) is 0. The van der Waals surface area contributed by atoms with Gasteiger partial charge in [-0.25, -0.2) is 15.8 Å². The lowest BCUT2D eigenvalue weighted by molar-refractivity contribution is 0.749. The van der Waals surface area contributed by atoms with Gasteiger partial charge in [-0.15, -0.1) is 0 Å². The molecule has 0 amide bonds. The molecule has 112 valence electrons. The molecule has 3 N–H and O–H groups in total. The third kappa shape index (κ3) is 3.54. The quantitative estimate of drug-likeness (QED) is 0.508. The van der Waals surface area contributed by atoms with E-state index in [1.807, 2.05) is 6.92 Å². The van der Waals surface area contributed by atoms with Gasteiger partial charge in [-0.2, -0.15) is 0 Å². The highest BCUT2D eigenvalue weighted by atomic mass is 32.2. The van der Waals surface area contributed by atoms with Crippen molar-refractivity contribution in [3.05, 3.63) is 40.7 Å². The highest BCUT2D eigenvalue weighted by molar-refractivity contribution is 7.99. The Morgan fingerprint density at radius 2 is 1.86 bits per heavy atom. The van der Waals surface area contributed by atoms with Crippen LogP contribution in [0.5, 0.6) is 0 Å². The number of anilines is 1. The molecule has 0 fully saturated rings. The van der Waals surface area contributed by atoms with Gasteiger partial charge in [0.15, 0.2) is 0 Å². The second kappa shape index (κ2) is 6.45. The Bertz CT molecular complexity index is 653. The molecule has 21 heavy (non-hydrogen) atoms. The molecule has 4 nitrogen and oxygen atoms in total. The van der Waals surface area contributed by atoms with Crippen LogP contribution in [0.25, 0.3) is 0 Å². The van der Waals surface area contributed by atoms with E-state index >= 15 is 0 Å². The van der Waals surface area contributed by atoms with Gasteiger partial charge in [-0.3, -0.25) is 0 Å². The van der Waals surface area contributed by atoms with Gasteiger partial charge in [0.25, 0.3) is 0 Å². The summed E-state index contributed by atoms with van der Waals surface area (Å²) in [4.78, 5) is 10.4. The van der Waals surface area contributed by atoms with Crippen molar-refractivity contribution in [2.45, 2.75) is 50.5 Å². The molecule has 0 saturated heterocycles. The summed E-state index contributed by atoms with van der Waals surface area (Å²) in [5.74, 6) is 7.34. The van der Waals surface area contributed by atoms with E-state index in [1.165, 1.54) is 16.0 Å². The smallest absolute Gasteiger partial charge is 0.147 e. The maximum absolute atomic E-state index is 5.58. The molecular formula is C16H22N4S. The number of hydrogen-bond donors (Lipinski definition) is 2. The van der Waals surface area contributed by atoms with Crippen LogP contribution in [-0.2, 0) is 0 Å². The van der Waals surface area contributed by atoms with Gasteiger partial charge >= 0.3 is 0 Å². The van der Waals surface area contributed by atoms with E-state index in [2.05, 4.69) is 56.3 Å². The largest absolute Gasteiger partial charge is 0.308 e. The first kappa shape index (κ1) is 15.8. The van der Waals surface area contributed by atoms with Crippen LogP contribution in [-0.4, -0.2) is 9.97 Å². The van der Waals surface area contributed by atoms with Crippen LogP contribution in [0.1, 0.15) is 42.3 Å². The molecule has 1 aromatic heterocycles. The Labute approximate surface area is 130 Å². The fourth-order valence-electron chi connectivity index (χ4n) is 2.03. The van der Waals surface area contributed by atoms with Crippen molar-refractivity contribution in [3.63, 3.8) is 0 Å². The molecule has 0 aliphatic rings. The normalized spacial score (nSPS) is 11.0. The summed E-state index contributed by atoms with van der Waals surface area (Å²) in [6.45, 7) is 10.4. The van der Waals surface area contributed by atoms with Crippen LogP contribution in [0.15, 0.2) is 28.1 Å². The monoisotopic (exact) mass is 302 g/mol. The second-order valence-corrected chi connectivity index (χ2v) is 6.56. The predicted octanol–water partition coefficient (Wildman–Crippen LogP) is 3.96. The van der Waals surface area contributed by atoms with Gasteiger partial charge < -0.3 is 5.43 Å². The molecule has 2 aromatic rings. The molecule has 1 heterocycles. The van der Waals surface area contributed by atoms with Crippen molar-refractivity contribution in [2.24, 2.45) is 5.84 Å². The van der Waals surface area contributed by atoms with E-state index in [9.17, 15) is 0 Å². The molecule has 0 saturated carbocycles. The molecule has 0 atom stereocenters. The maximum Gasteiger partial charge on any atom is 0.147 e. The topological polar surface area (TPSA) is 63.8 Å². The molecule has 0 bridgehead atoms. The van der Waals surface area contributed by atoms with Gasteiger partial charge in [0.1, 0.15) is 16.7 Å². The Hall–Kier alpha value is -1.59. The van der Waals surface area contributed by atoms with E-state index < -0.39 is 0 Å². The fraction of sp³-hybridized carbons (Fsp3) is 0.375. The summed E-state index contributed by atoms with van der Waals surface area (Å²) in [6, 6.07) is 6.45.